The lowest BCUT2D eigenvalue weighted by Gasteiger charge is -2.24. The molecule has 0 radical (unpaired) electrons. The van der Waals surface area contributed by atoms with E-state index in [1.807, 2.05) is 6.07 Å². The fourth-order valence-electron chi connectivity index (χ4n) is 2.34. The van der Waals surface area contributed by atoms with E-state index in [0.717, 1.165) is 11.6 Å². The van der Waals surface area contributed by atoms with Crippen LogP contribution in [0.4, 0.5) is 18.9 Å². The molecule has 2 aromatic rings. The van der Waals surface area contributed by atoms with Gasteiger partial charge in [0.1, 0.15) is 0 Å². The van der Waals surface area contributed by atoms with Crippen molar-refractivity contribution in [3.63, 3.8) is 0 Å². The van der Waals surface area contributed by atoms with Crippen LogP contribution in [0, 0.1) is 0 Å². The van der Waals surface area contributed by atoms with Gasteiger partial charge >= 0.3 is 6.18 Å². The molecule has 134 valence electrons. The first-order chi connectivity index (χ1) is 11.7. The predicted molar refractivity (Wildman–Crippen MR) is 92.5 cm³/mol. The van der Waals surface area contributed by atoms with Gasteiger partial charge in [-0.25, -0.2) is 0 Å². The summed E-state index contributed by atoms with van der Waals surface area (Å²) in [5, 5.41) is 2.95. The summed E-state index contributed by atoms with van der Waals surface area (Å²) < 4.78 is 39.0. The number of carbonyl (C=O) groups is 1. The van der Waals surface area contributed by atoms with E-state index in [4.69, 9.17) is 11.6 Å². The second kappa shape index (κ2) is 7.89. The Balaban J connectivity index is 2.08. The third-order valence-corrected chi connectivity index (χ3v) is 4.09. The molecule has 2 aromatic carbocycles. The van der Waals surface area contributed by atoms with Crippen molar-refractivity contribution in [2.45, 2.75) is 25.7 Å². The van der Waals surface area contributed by atoms with Gasteiger partial charge < -0.3 is 5.32 Å². The van der Waals surface area contributed by atoms with Crippen molar-refractivity contribution in [2.24, 2.45) is 0 Å². The van der Waals surface area contributed by atoms with Gasteiger partial charge in [0.15, 0.2) is 0 Å². The van der Waals surface area contributed by atoms with E-state index in [2.05, 4.69) is 5.32 Å². The first-order valence-corrected chi connectivity index (χ1v) is 7.98. The minimum Gasteiger partial charge on any atom is -0.324 e. The van der Waals surface area contributed by atoms with Crippen LogP contribution in [0.15, 0.2) is 48.5 Å². The summed E-state index contributed by atoms with van der Waals surface area (Å²) in [5.74, 6) is -0.513. The Kier molecular flexibility index (Phi) is 6.08. The van der Waals surface area contributed by atoms with Crippen LogP contribution in [0.1, 0.15) is 18.1 Å². The third-order valence-electron chi connectivity index (χ3n) is 3.85. The van der Waals surface area contributed by atoms with Gasteiger partial charge in [0.25, 0.3) is 0 Å². The molecule has 0 bridgehead atoms. The molecule has 0 fully saturated rings. The van der Waals surface area contributed by atoms with Gasteiger partial charge in [-0.2, -0.15) is 13.2 Å². The molecule has 0 aliphatic carbocycles. The normalized spacial score (nSPS) is 12.9. The van der Waals surface area contributed by atoms with E-state index in [-0.39, 0.29) is 5.69 Å². The van der Waals surface area contributed by atoms with E-state index < -0.39 is 23.7 Å². The van der Waals surface area contributed by atoms with Crippen LogP contribution < -0.4 is 5.32 Å². The number of halogens is 4. The fraction of sp³-hybridized carbons (Fsp3) is 0.278. The molecule has 1 atom stereocenters. The van der Waals surface area contributed by atoms with Gasteiger partial charge in [-0.1, -0.05) is 35.9 Å². The number of nitrogens with one attached hydrogen (secondary N) is 1. The van der Waals surface area contributed by atoms with E-state index >= 15 is 0 Å². The van der Waals surface area contributed by atoms with Crippen molar-refractivity contribution in [3.05, 3.63) is 64.7 Å². The summed E-state index contributed by atoms with van der Waals surface area (Å²) in [6.07, 6.45) is -4.53. The monoisotopic (exact) mass is 370 g/mol. The van der Waals surface area contributed by atoms with Crippen LogP contribution >= 0.6 is 11.6 Å². The topological polar surface area (TPSA) is 32.3 Å². The number of amides is 1. The Bertz CT molecular complexity index is 749. The maximum Gasteiger partial charge on any atom is 0.418 e. The van der Waals surface area contributed by atoms with E-state index in [1.165, 1.54) is 18.2 Å². The number of alkyl halides is 3. The van der Waals surface area contributed by atoms with Crippen molar-refractivity contribution in [2.75, 3.05) is 12.4 Å². The van der Waals surface area contributed by atoms with Gasteiger partial charge in [0, 0.05) is 11.6 Å². The average molecular weight is 371 g/mol. The SMILES string of the molecule is CC(C(=O)Nc1ccccc1C(F)(F)F)N(C)Cc1cccc(Cl)c1. The van der Waals surface area contributed by atoms with Gasteiger partial charge in [-0.05, 0) is 43.8 Å². The van der Waals surface area contributed by atoms with Crippen molar-refractivity contribution in [1.29, 1.82) is 0 Å². The maximum atomic E-state index is 13.0. The molecule has 1 N–H and O–H groups in total. The summed E-state index contributed by atoms with van der Waals surface area (Å²) in [6.45, 7) is 2.08. The summed E-state index contributed by atoms with van der Waals surface area (Å²) >= 11 is 5.93. The summed E-state index contributed by atoms with van der Waals surface area (Å²) in [6, 6.07) is 11.5. The van der Waals surface area contributed by atoms with Crippen LogP contribution in [0.5, 0.6) is 0 Å². The number of likely N-dealkylation sites (N-methyl/N-ethyl adjacent to an activating group) is 1. The van der Waals surface area contributed by atoms with Gasteiger partial charge in [0.05, 0.1) is 17.3 Å². The third kappa shape index (κ3) is 5.21. The van der Waals surface area contributed by atoms with Crippen LogP contribution in [0.3, 0.4) is 0 Å². The molecule has 1 unspecified atom stereocenters. The van der Waals surface area contributed by atoms with Gasteiger partial charge in [0.2, 0.25) is 5.91 Å². The van der Waals surface area contributed by atoms with Gasteiger partial charge in [-0.15, -0.1) is 0 Å². The molecule has 0 aliphatic heterocycles. The highest BCUT2D eigenvalue weighted by atomic mass is 35.5. The zero-order valence-corrected chi connectivity index (χ0v) is 14.5. The molecular weight excluding hydrogens is 353 g/mol. The van der Waals surface area contributed by atoms with Crippen LogP contribution in [0.25, 0.3) is 0 Å². The highest BCUT2D eigenvalue weighted by molar-refractivity contribution is 6.30. The molecular formula is C18H18ClF3N2O. The quantitative estimate of drug-likeness (QED) is 0.818. The Morgan fingerprint density at radius 3 is 2.52 bits per heavy atom. The molecule has 0 heterocycles. The lowest BCUT2D eigenvalue weighted by atomic mass is 10.1. The molecule has 3 nitrogen and oxygen atoms in total. The Morgan fingerprint density at radius 2 is 1.88 bits per heavy atom. The molecule has 7 heteroatoms. The first kappa shape index (κ1) is 19.3. The standard InChI is InChI=1S/C18H18ClF3N2O/c1-12(24(2)11-13-6-5-7-14(19)10-13)17(25)23-16-9-4-3-8-15(16)18(20,21)22/h3-10,12H,11H2,1-2H3,(H,23,25). The van der Waals surface area contributed by atoms with Crippen molar-refractivity contribution in [3.8, 4) is 0 Å². The lowest BCUT2D eigenvalue weighted by molar-refractivity contribution is -0.137. The number of para-hydroxylation sites is 1. The number of benzene rings is 2. The van der Waals surface area contributed by atoms with E-state index in [9.17, 15) is 18.0 Å². The number of hydrogen-bond acceptors (Lipinski definition) is 2. The smallest absolute Gasteiger partial charge is 0.324 e. The zero-order chi connectivity index (χ0) is 18.6. The largest absolute Gasteiger partial charge is 0.418 e. The second-order valence-corrected chi connectivity index (χ2v) is 6.19. The minimum absolute atomic E-state index is 0.247. The van der Waals surface area contributed by atoms with Crippen LogP contribution in [-0.4, -0.2) is 23.9 Å². The average Bonchev–Trinajstić information content (AvgIpc) is 2.53. The Morgan fingerprint density at radius 1 is 1.20 bits per heavy atom. The maximum absolute atomic E-state index is 13.0. The van der Waals surface area contributed by atoms with Crippen molar-refractivity contribution >= 4 is 23.2 Å². The Hall–Kier alpha value is -2.05. The summed E-state index contributed by atoms with van der Waals surface area (Å²) in [4.78, 5) is 14.1. The first-order valence-electron chi connectivity index (χ1n) is 7.60. The Labute approximate surface area is 149 Å². The second-order valence-electron chi connectivity index (χ2n) is 5.75. The fourth-order valence-corrected chi connectivity index (χ4v) is 2.55. The highest BCUT2D eigenvalue weighted by Crippen LogP contribution is 2.34. The number of anilines is 1. The molecule has 0 spiro atoms. The molecule has 0 aromatic heterocycles. The van der Waals surface area contributed by atoms with E-state index in [0.29, 0.717) is 11.6 Å². The number of nitrogens with zero attached hydrogens (tertiary/aromatic N) is 1. The molecule has 1 amide bonds. The lowest BCUT2D eigenvalue weighted by Crippen LogP contribution is -2.39. The van der Waals surface area contributed by atoms with E-state index in [1.54, 1.807) is 37.1 Å². The molecule has 0 aliphatic rings. The molecule has 0 saturated carbocycles. The summed E-state index contributed by atoms with van der Waals surface area (Å²) in [5.41, 5.74) is -0.207. The minimum atomic E-state index is -4.53. The summed E-state index contributed by atoms with van der Waals surface area (Å²) in [7, 11) is 1.72. The van der Waals surface area contributed by atoms with Crippen molar-refractivity contribution in [1.82, 2.24) is 4.90 Å². The van der Waals surface area contributed by atoms with Crippen LogP contribution in [-0.2, 0) is 17.5 Å². The number of carbonyl (C=O) groups excluding carboxylic acids is 1. The number of hydrogen-bond donors (Lipinski definition) is 1. The predicted octanol–water partition coefficient (Wildman–Crippen LogP) is 4.82. The van der Waals surface area contributed by atoms with Gasteiger partial charge in [-0.3, -0.25) is 9.69 Å². The molecule has 2 rings (SSSR count). The van der Waals surface area contributed by atoms with Crippen molar-refractivity contribution < 1.29 is 18.0 Å². The highest BCUT2D eigenvalue weighted by Gasteiger charge is 2.34. The molecule has 0 saturated heterocycles. The zero-order valence-electron chi connectivity index (χ0n) is 13.8. The molecule has 25 heavy (non-hydrogen) atoms. The van der Waals surface area contributed by atoms with Crippen LogP contribution in [0.2, 0.25) is 5.02 Å². The number of rotatable bonds is 5.